The lowest BCUT2D eigenvalue weighted by Gasteiger charge is -2.20. The highest BCUT2D eigenvalue weighted by Crippen LogP contribution is 2.37. The molecule has 0 amide bonds. The van der Waals surface area contributed by atoms with Gasteiger partial charge in [-0.05, 0) is 12.5 Å². The summed E-state index contributed by atoms with van der Waals surface area (Å²) < 4.78 is 11.0. The summed E-state index contributed by atoms with van der Waals surface area (Å²) in [6.07, 6.45) is 1.21. The maximum atomic E-state index is 12.2. The molecule has 2 rings (SSSR count). The van der Waals surface area contributed by atoms with E-state index in [0.717, 1.165) is 6.42 Å². The number of fused-ring (bicyclic) bond motifs is 1. The molecule has 6 heteroatoms. The van der Waals surface area contributed by atoms with Crippen molar-refractivity contribution < 1.29 is 14.3 Å². The highest BCUT2D eigenvalue weighted by Gasteiger charge is 2.19. The number of hydrogen-bond donors (Lipinski definition) is 1. The van der Waals surface area contributed by atoms with E-state index in [9.17, 15) is 4.79 Å². The fraction of sp³-hybridized carbons (Fsp3) is 0.429. The number of ketones is 1. The molecule has 1 aliphatic rings. The van der Waals surface area contributed by atoms with E-state index in [1.807, 2.05) is 6.92 Å². The minimum absolute atomic E-state index is 0.00518. The zero-order chi connectivity index (χ0) is 14.5. The Kier molecular flexibility index (Phi) is 4.84. The number of rotatable bonds is 5. The first kappa shape index (κ1) is 14.7. The quantitative estimate of drug-likeness (QED) is 0.392. The molecule has 1 heterocycles. The molecule has 0 spiro atoms. The molecule has 1 aromatic rings. The average Bonchev–Trinajstić information content (AvgIpc) is 2.46. The smallest absolute Gasteiger partial charge is 0.165 e. The van der Waals surface area contributed by atoms with Crippen molar-refractivity contribution in [3.63, 3.8) is 0 Å². The number of benzene rings is 1. The Bertz CT molecular complexity index is 543. The van der Waals surface area contributed by atoms with Crippen molar-refractivity contribution in [3.05, 3.63) is 17.7 Å². The van der Waals surface area contributed by atoms with Crippen LogP contribution >= 0.6 is 11.6 Å². The second kappa shape index (κ2) is 6.61. The number of nitrogens with two attached hydrogens (primary N) is 1. The van der Waals surface area contributed by atoms with Crippen LogP contribution in [-0.4, -0.2) is 30.7 Å². The van der Waals surface area contributed by atoms with E-state index in [2.05, 4.69) is 4.99 Å². The van der Waals surface area contributed by atoms with E-state index in [-0.39, 0.29) is 17.5 Å². The molecule has 0 atom stereocenters. The third-order valence-electron chi connectivity index (χ3n) is 2.84. The minimum atomic E-state index is 0.00518. The van der Waals surface area contributed by atoms with Crippen molar-refractivity contribution in [3.8, 4) is 11.5 Å². The number of amidine groups is 1. The van der Waals surface area contributed by atoms with Gasteiger partial charge in [-0.25, -0.2) is 4.99 Å². The number of ether oxygens (including phenoxy) is 2. The largest absolute Gasteiger partial charge is 0.486 e. The van der Waals surface area contributed by atoms with Crippen LogP contribution in [0.25, 0.3) is 0 Å². The van der Waals surface area contributed by atoms with Crippen molar-refractivity contribution >= 4 is 28.9 Å². The topological polar surface area (TPSA) is 73.9 Å². The van der Waals surface area contributed by atoms with Gasteiger partial charge in [-0.15, -0.1) is 11.6 Å². The Hall–Kier alpha value is -1.75. The van der Waals surface area contributed by atoms with Crippen LogP contribution in [0.3, 0.4) is 0 Å². The molecular formula is C14H17ClN2O3. The number of Topliss-reactive ketones (excluding diaryl/α,β-unsaturated/α-hetero) is 1. The van der Waals surface area contributed by atoms with Crippen molar-refractivity contribution in [2.45, 2.75) is 19.8 Å². The Morgan fingerprint density at radius 2 is 2.00 bits per heavy atom. The van der Waals surface area contributed by atoms with Gasteiger partial charge in [-0.3, -0.25) is 4.79 Å². The third kappa shape index (κ3) is 3.22. The first-order valence-electron chi connectivity index (χ1n) is 6.51. The first-order valence-corrected chi connectivity index (χ1v) is 7.05. The van der Waals surface area contributed by atoms with Gasteiger partial charge in [0.1, 0.15) is 19.0 Å². The van der Waals surface area contributed by atoms with E-state index >= 15 is 0 Å². The Morgan fingerprint density at radius 3 is 2.60 bits per heavy atom. The molecule has 108 valence electrons. The Labute approximate surface area is 122 Å². The average molecular weight is 297 g/mol. The second-order valence-electron chi connectivity index (χ2n) is 4.42. The third-order valence-corrected chi connectivity index (χ3v) is 3.11. The summed E-state index contributed by atoms with van der Waals surface area (Å²) in [7, 11) is 0. The van der Waals surface area contributed by atoms with Crippen LogP contribution in [0.15, 0.2) is 17.1 Å². The summed E-state index contributed by atoms with van der Waals surface area (Å²) in [6, 6.07) is 3.35. The SMILES string of the molecule is CCCC(=O)c1cc2c(cc1N=C(N)CCl)OCCO2. The molecule has 20 heavy (non-hydrogen) atoms. The monoisotopic (exact) mass is 296 g/mol. The maximum absolute atomic E-state index is 12.2. The van der Waals surface area contributed by atoms with Crippen molar-refractivity contribution in [1.29, 1.82) is 0 Å². The van der Waals surface area contributed by atoms with Gasteiger partial charge in [0.25, 0.3) is 0 Å². The highest BCUT2D eigenvalue weighted by atomic mass is 35.5. The summed E-state index contributed by atoms with van der Waals surface area (Å²) >= 11 is 5.64. The van der Waals surface area contributed by atoms with E-state index in [0.29, 0.717) is 42.4 Å². The number of alkyl halides is 1. The van der Waals surface area contributed by atoms with Crippen molar-refractivity contribution in [1.82, 2.24) is 0 Å². The lowest BCUT2D eigenvalue weighted by atomic mass is 10.0. The van der Waals surface area contributed by atoms with Crippen LogP contribution in [-0.2, 0) is 0 Å². The van der Waals surface area contributed by atoms with Gasteiger partial charge in [0, 0.05) is 18.1 Å². The molecule has 0 radical (unpaired) electrons. The fourth-order valence-corrected chi connectivity index (χ4v) is 2.00. The lowest BCUT2D eigenvalue weighted by molar-refractivity contribution is 0.0981. The second-order valence-corrected chi connectivity index (χ2v) is 4.69. The number of halogens is 1. The number of carbonyl (C=O) groups excluding carboxylic acids is 1. The van der Waals surface area contributed by atoms with Crippen LogP contribution < -0.4 is 15.2 Å². The van der Waals surface area contributed by atoms with Gasteiger partial charge in [-0.2, -0.15) is 0 Å². The zero-order valence-corrected chi connectivity index (χ0v) is 12.1. The molecular weight excluding hydrogens is 280 g/mol. The van der Waals surface area contributed by atoms with Crippen LogP contribution in [0.5, 0.6) is 11.5 Å². The van der Waals surface area contributed by atoms with E-state index < -0.39 is 0 Å². The van der Waals surface area contributed by atoms with Gasteiger partial charge in [0.2, 0.25) is 0 Å². The van der Waals surface area contributed by atoms with Crippen LogP contribution in [0, 0.1) is 0 Å². The van der Waals surface area contributed by atoms with E-state index in [1.165, 1.54) is 0 Å². The number of aliphatic imine (C=N–C) groups is 1. The Morgan fingerprint density at radius 1 is 1.35 bits per heavy atom. The van der Waals surface area contributed by atoms with Crippen molar-refractivity contribution in [2.75, 3.05) is 19.1 Å². The zero-order valence-electron chi connectivity index (χ0n) is 11.3. The van der Waals surface area contributed by atoms with Gasteiger partial charge in [-0.1, -0.05) is 6.92 Å². The molecule has 0 aromatic heterocycles. The van der Waals surface area contributed by atoms with Crippen molar-refractivity contribution in [2.24, 2.45) is 10.7 Å². The number of nitrogens with zero attached hydrogens (tertiary/aromatic N) is 1. The first-order chi connectivity index (χ1) is 9.65. The molecule has 0 aliphatic carbocycles. The predicted octanol–water partition coefficient (Wildman–Crippen LogP) is 2.67. The fourth-order valence-electron chi connectivity index (χ4n) is 1.94. The molecule has 0 bridgehead atoms. The van der Waals surface area contributed by atoms with Gasteiger partial charge >= 0.3 is 0 Å². The summed E-state index contributed by atoms with van der Waals surface area (Å²) in [4.78, 5) is 16.4. The van der Waals surface area contributed by atoms with E-state index in [4.69, 9.17) is 26.8 Å². The minimum Gasteiger partial charge on any atom is -0.486 e. The normalized spacial score (nSPS) is 14.2. The molecule has 1 aliphatic heterocycles. The van der Waals surface area contributed by atoms with Crippen LogP contribution in [0.1, 0.15) is 30.1 Å². The lowest BCUT2D eigenvalue weighted by Crippen LogP contribution is -2.16. The van der Waals surface area contributed by atoms with Gasteiger partial charge < -0.3 is 15.2 Å². The molecule has 2 N–H and O–H groups in total. The molecule has 0 saturated heterocycles. The summed E-state index contributed by atoms with van der Waals surface area (Å²) in [5, 5.41) is 0. The molecule has 5 nitrogen and oxygen atoms in total. The number of carbonyl (C=O) groups is 1. The summed E-state index contributed by atoms with van der Waals surface area (Å²) in [5.74, 6) is 1.51. The Balaban J connectivity index is 2.48. The molecule has 1 aromatic carbocycles. The van der Waals surface area contributed by atoms with Gasteiger partial charge in [0.05, 0.1) is 11.6 Å². The molecule has 0 unspecified atom stereocenters. The maximum Gasteiger partial charge on any atom is 0.165 e. The number of hydrogen-bond acceptors (Lipinski definition) is 4. The van der Waals surface area contributed by atoms with Crippen LogP contribution in [0.4, 0.5) is 5.69 Å². The van der Waals surface area contributed by atoms with Crippen LogP contribution in [0.2, 0.25) is 0 Å². The van der Waals surface area contributed by atoms with E-state index in [1.54, 1.807) is 12.1 Å². The molecule has 0 fully saturated rings. The summed E-state index contributed by atoms with van der Waals surface area (Å²) in [5.41, 5.74) is 6.63. The predicted molar refractivity (Wildman–Crippen MR) is 78.7 cm³/mol. The standard InChI is InChI=1S/C14H17ClN2O3/c1-2-3-11(18)9-6-12-13(20-5-4-19-12)7-10(9)17-14(16)8-15/h6-7H,2-5,8H2,1H3,(H2,16,17). The summed E-state index contributed by atoms with van der Waals surface area (Å²) in [6.45, 7) is 2.90. The highest BCUT2D eigenvalue weighted by molar-refractivity contribution is 6.28. The molecule has 0 saturated carbocycles. The van der Waals surface area contributed by atoms with Gasteiger partial charge in [0.15, 0.2) is 17.3 Å².